The van der Waals surface area contributed by atoms with E-state index in [4.69, 9.17) is 4.74 Å². The Hall–Kier alpha value is -0.120. The monoisotopic (exact) mass is 201 g/mol. The van der Waals surface area contributed by atoms with Crippen molar-refractivity contribution in [1.29, 1.82) is 0 Å². The molecule has 14 heavy (non-hydrogen) atoms. The van der Waals surface area contributed by atoms with Gasteiger partial charge in [0.15, 0.2) is 0 Å². The number of piperidine rings is 1. The Bertz CT molecular complexity index is 153. The molecule has 0 aromatic heterocycles. The van der Waals surface area contributed by atoms with Gasteiger partial charge < -0.3 is 9.84 Å². The summed E-state index contributed by atoms with van der Waals surface area (Å²) in [6.45, 7) is 8.06. The Balaban J connectivity index is 2.26. The molecule has 3 nitrogen and oxygen atoms in total. The van der Waals surface area contributed by atoms with Gasteiger partial charge in [0.25, 0.3) is 0 Å². The van der Waals surface area contributed by atoms with Gasteiger partial charge in [-0.05, 0) is 32.6 Å². The van der Waals surface area contributed by atoms with Gasteiger partial charge in [-0.25, -0.2) is 0 Å². The van der Waals surface area contributed by atoms with Gasteiger partial charge in [-0.2, -0.15) is 0 Å². The smallest absolute Gasteiger partial charge is 0.216 e. The SMILES string of the molecule is CCC1CCN(C(O)OC(C)C)CC1. The molecule has 1 atom stereocenters. The van der Waals surface area contributed by atoms with Crippen molar-refractivity contribution in [3.63, 3.8) is 0 Å². The van der Waals surface area contributed by atoms with Gasteiger partial charge >= 0.3 is 0 Å². The number of hydrogen-bond acceptors (Lipinski definition) is 3. The van der Waals surface area contributed by atoms with Crippen LogP contribution in [-0.4, -0.2) is 35.6 Å². The Labute approximate surface area is 87.1 Å². The highest BCUT2D eigenvalue weighted by Gasteiger charge is 2.23. The van der Waals surface area contributed by atoms with E-state index >= 15 is 0 Å². The second-order valence-corrected chi connectivity index (χ2v) is 4.40. The lowest BCUT2D eigenvalue weighted by Crippen LogP contribution is -2.43. The molecule has 1 aliphatic rings. The summed E-state index contributed by atoms with van der Waals surface area (Å²) in [5, 5.41) is 9.71. The molecule has 1 saturated heterocycles. The lowest BCUT2D eigenvalue weighted by Gasteiger charge is -2.34. The highest BCUT2D eigenvalue weighted by atomic mass is 16.6. The van der Waals surface area contributed by atoms with E-state index in [0.29, 0.717) is 0 Å². The van der Waals surface area contributed by atoms with Crippen molar-refractivity contribution < 1.29 is 9.84 Å². The highest BCUT2D eigenvalue weighted by Crippen LogP contribution is 2.21. The molecule has 3 heteroatoms. The lowest BCUT2D eigenvalue weighted by atomic mass is 9.95. The van der Waals surface area contributed by atoms with E-state index in [1.54, 1.807) is 0 Å². The van der Waals surface area contributed by atoms with Crippen molar-refractivity contribution in [2.24, 2.45) is 5.92 Å². The third-order valence-corrected chi connectivity index (χ3v) is 2.93. The van der Waals surface area contributed by atoms with Gasteiger partial charge in [0, 0.05) is 13.1 Å². The van der Waals surface area contributed by atoms with Crippen LogP contribution in [0.2, 0.25) is 0 Å². The van der Waals surface area contributed by atoms with Crippen LogP contribution in [-0.2, 0) is 4.74 Å². The first-order valence-corrected chi connectivity index (χ1v) is 5.71. The van der Waals surface area contributed by atoms with E-state index in [2.05, 4.69) is 6.92 Å². The molecule has 1 heterocycles. The fourth-order valence-electron chi connectivity index (χ4n) is 1.91. The first-order chi connectivity index (χ1) is 6.63. The van der Waals surface area contributed by atoms with Crippen molar-refractivity contribution in [1.82, 2.24) is 4.90 Å². The minimum atomic E-state index is -0.701. The fraction of sp³-hybridized carbons (Fsp3) is 1.00. The maximum Gasteiger partial charge on any atom is 0.216 e. The summed E-state index contributed by atoms with van der Waals surface area (Å²) < 4.78 is 5.34. The quantitative estimate of drug-likeness (QED) is 0.704. The molecule has 1 unspecified atom stereocenters. The van der Waals surface area contributed by atoms with Crippen LogP contribution in [0.4, 0.5) is 0 Å². The minimum Gasteiger partial charge on any atom is -0.356 e. The molecule has 1 N–H and O–H groups in total. The third kappa shape index (κ3) is 3.56. The average molecular weight is 201 g/mol. The third-order valence-electron chi connectivity index (χ3n) is 2.93. The summed E-state index contributed by atoms with van der Waals surface area (Å²) in [4.78, 5) is 2.02. The van der Waals surface area contributed by atoms with E-state index in [1.165, 1.54) is 19.3 Å². The molecule has 0 spiro atoms. The van der Waals surface area contributed by atoms with Crippen molar-refractivity contribution in [2.75, 3.05) is 13.1 Å². The Kier molecular flexibility index (Phi) is 4.85. The fourth-order valence-corrected chi connectivity index (χ4v) is 1.91. The summed E-state index contributed by atoms with van der Waals surface area (Å²) >= 11 is 0. The van der Waals surface area contributed by atoms with Gasteiger partial charge in [-0.1, -0.05) is 13.3 Å². The predicted octanol–water partition coefficient (Wildman–Crippen LogP) is 1.81. The number of ether oxygens (including phenoxy) is 1. The molecule has 0 aromatic rings. The Morgan fingerprint density at radius 3 is 2.36 bits per heavy atom. The topological polar surface area (TPSA) is 32.7 Å². The van der Waals surface area contributed by atoms with Gasteiger partial charge in [0.1, 0.15) is 0 Å². The van der Waals surface area contributed by atoms with E-state index in [-0.39, 0.29) is 6.10 Å². The molecule has 1 fully saturated rings. The first kappa shape index (κ1) is 12.0. The van der Waals surface area contributed by atoms with Gasteiger partial charge in [-0.3, -0.25) is 4.90 Å². The Morgan fingerprint density at radius 1 is 1.36 bits per heavy atom. The van der Waals surface area contributed by atoms with E-state index < -0.39 is 6.41 Å². The Morgan fingerprint density at radius 2 is 1.93 bits per heavy atom. The van der Waals surface area contributed by atoms with Gasteiger partial charge in [0.2, 0.25) is 6.41 Å². The molecule has 0 aromatic carbocycles. The van der Waals surface area contributed by atoms with Crippen LogP contribution in [0, 0.1) is 5.92 Å². The average Bonchev–Trinajstić information content (AvgIpc) is 2.17. The number of rotatable bonds is 4. The molecular formula is C11H23NO2. The zero-order chi connectivity index (χ0) is 10.6. The first-order valence-electron chi connectivity index (χ1n) is 5.71. The minimum absolute atomic E-state index is 0.0916. The normalized spacial score (nSPS) is 22.9. The second kappa shape index (κ2) is 5.69. The van der Waals surface area contributed by atoms with Crippen molar-refractivity contribution >= 4 is 0 Å². The number of aliphatic hydroxyl groups excluding tert-OH is 1. The number of likely N-dealkylation sites (tertiary alicyclic amines) is 1. The van der Waals surface area contributed by atoms with Crippen LogP contribution in [0.25, 0.3) is 0 Å². The lowest BCUT2D eigenvalue weighted by molar-refractivity contribution is -0.216. The van der Waals surface area contributed by atoms with Crippen LogP contribution in [0.15, 0.2) is 0 Å². The predicted molar refractivity (Wildman–Crippen MR) is 56.8 cm³/mol. The van der Waals surface area contributed by atoms with E-state index in [0.717, 1.165) is 19.0 Å². The molecule has 1 rings (SSSR count). The molecule has 0 radical (unpaired) electrons. The van der Waals surface area contributed by atoms with Crippen LogP contribution in [0.1, 0.15) is 40.0 Å². The van der Waals surface area contributed by atoms with Gasteiger partial charge in [-0.15, -0.1) is 0 Å². The number of nitrogens with zero attached hydrogens (tertiary/aromatic N) is 1. The molecule has 1 aliphatic heterocycles. The molecule has 0 saturated carbocycles. The molecule has 0 bridgehead atoms. The van der Waals surface area contributed by atoms with E-state index in [1.807, 2.05) is 18.7 Å². The molecule has 0 aliphatic carbocycles. The van der Waals surface area contributed by atoms with Crippen molar-refractivity contribution in [3.05, 3.63) is 0 Å². The second-order valence-electron chi connectivity index (χ2n) is 4.40. The molecule has 84 valence electrons. The van der Waals surface area contributed by atoms with Crippen molar-refractivity contribution in [3.8, 4) is 0 Å². The number of aliphatic hydroxyl groups is 1. The standard InChI is InChI=1S/C11H23NO2/c1-4-10-5-7-12(8-6-10)11(13)14-9(2)3/h9-11,13H,4-8H2,1-3H3. The summed E-state index contributed by atoms with van der Waals surface area (Å²) in [6, 6.07) is 0. The summed E-state index contributed by atoms with van der Waals surface area (Å²) in [7, 11) is 0. The zero-order valence-corrected chi connectivity index (χ0v) is 9.57. The maximum atomic E-state index is 9.71. The summed E-state index contributed by atoms with van der Waals surface area (Å²) in [5.41, 5.74) is 0. The summed E-state index contributed by atoms with van der Waals surface area (Å²) in [6.07, 6.45) is 3.03. The van der Waals surface area contributed by atoms with Crippen LogP contribution >= 0.6 is 0 Å². The van der Waals surface area contributed by atoms with Crippen LogP contribution < -0.4 is 0 Å². The zero-order valence-electron chi connectivity index (χ0n) is 9.57. The molecule has 0 amide bonds. The largest absolute Gasteiger partial charge is 0.356 e. The summed E-state index contributed by atoms with van der Waals surface area (Å²) in [5.74, 6) is 0.845. The highest BCUT2D eigenvalue weighted by molar-refractivity contribution is 4.70. The maximum absolute atomic E-state index is 9.71. The van der Waals surface area contributed by atoms with Crippen molar-refractivity contribution in [2.45, 2.75) is 52.6 Å². The van der Waals surface area contributed by atoms with Crippen LogP contribution in [0.5, 0.6) is 0 Å². The van der Waals surface area contributed by atoms with E-state index in [9.17, 15) is 5.11 Å². The van der Waals surface area contributed by atoms with Crippen LogP contribution in [0.3, 0.4) is 0 Å². The molecular weight excluding hydrogens is 178 g/mol. The number of hydrogen-bond donors (Lipinski definition) is 1. The van der Waals surface area contributed by atoms with Gasteiger partial charge in [0.05, 0.1) is 6.10 Å².